The van der Waals surface area contributed by atoms with Crippen LogP contribution in [-0.2, 0) is 4.79 Å². The number of carbonyl (C=O) groups excluding carboxylic acids is 1. The van der Waals surface area contributed by atoms with Crippen molar-refractivity contribution in [2.75, 3.05) is 25.5 Å². The Kier molecular flexibility index (Phi) is 6.36. The Morgan fingerprint density at radius 3 is 2.70 bits per heavy atom. The summed E-state index contributed by atoms with van der Waals surface area (Å²) >= 11 is 0. The van der Waals surface area contributed by atoms with E-state index in [1.807, 2.05) is 13.0 Å². The van der Waals surface area contributed by atoms with Gasteiger partial charge in [-0.05, 0) is 18.6 Å². The maximum absolute atomic E-state index is 11.9. The quantitative estimate of drug-likeness (QED) is 0.804. The van der Waals surface area contributed by atoms with Gasteiger partial charge >= 0.3 is 12.0 Å². The van der Waals surface area contributed by atoms with E-state index >= 15 is 0 Å². The van der Waals surface area contributed by atoms with Gasteiger partial charge in [0.05, 0.1) is 18.7 Å². The second-order valence-electron chi connectivity index (χ2n) is 4.34. The molecule has 0 aliphatic rings. The highest BCUT2D eigenvalue weighted by molar-refractivity contribution is 5.91. The van der Waals surface area contributed by atoms with Gasteiger partial charge in [-0.2, -0.15) is 0 Å². The van der Waals surface area contributed by atoms with Crippen molar-refractivity contribution in [3.05, 3.63) is 24.3 Å². The molecule has 2 amide bonds. The van der Waals surface area contributed by atoms with Gasteiger partial charge in [-0.25, -0.2) is 4.79 Å². The van der Waals surface area contributed by atoms with Crippen molar-refractivity contribution in [3.63, 3.8) is 0 Å². The molecule has 6 heteroatoms. The van der Waals surface area contributed by atoms with Gasteiger partial charge in [-0.15, -0.1) is 0 Å². The summed E-state index contributed by atoms with van der Waals surface area (Å²) in [5, 5.41) is 11.3. The zero-order valence-electron chi connectivity index (χ0n) is 11.8. The van der Waals surface area contributed by atoms with Crippen LogP contribution in [0.1, 0.15) is 19.8 Å². The third kappa shape index (κ3) is 5.17. The Morgan fingerprint density at radius 2 is 2.05 bits per heavy atom. The molecule has 0 aromatic heterocycles. The van der Waals surface area contributed by atoms with Crippen LogP contribution in [0.3, 0.4) is 0 Å². The highest BCUT2D eigenvalue weighted by Gasteiger charge is 2.12. The van der Waals surface area contributed by atoms with Gasteiger partial charge in [-0.1, -0.05) is 19.1 Å². The van der Waals surface area contributed by atoms with E-state index in [-0.39, 0.29) is 19.0 Å². The van der Waals surface area contributed by atoms with Crippen LogP contribution in [0, 0.1) is 0 Å². The second-order valence-corrected chi connectivity index (χ2v) is 4.34. The lowest BCUT2D eigenvalue weighted by Gasteiger charge is -2.18. The van der Waals surface area contributed by atoms with Crippen molar-refractivity contribution in [2.45, 2.75) is 19.8 Å². The molecule has 0 bridgehead atoms. The topological polar surface area (TPSA) is 78.9 Å². The summed E-state index contributed by atoms with van der Waals surface area (Å²) in [7, 11) is 1.55. The fourth-order valence-electron chi connectivity index (χ4n) is 1.48. The van der Waals surface area contributed by atoms with Gasteiger partial charge in [0, 0.05) is 13.6 Å². The van der Waals surface area contributed by atoms with Gasteiger partial charge < -0.3 is 20.1 Å². The van der Waals surface area contributed by atoms with Gasteiger partial charge in [0.1, 0.15) is 5.75 Å². The van der Waals surface area contributed by atoms with Gasteiger partial charge in [-0.3, -0.25) is 4.79 Å². The lowest BCUT2D eigenvalue weighted by molar-refractivity contribution is -0.137. The Morgan fingerprint density at radius 1 is 1.35 bits per heavy atom. The lowest BCUT2D eigenvalue weighted by Crippen LogP contribution is -2.33. The molecular weight excluding hydrogens is 260 g/mol. The van der Waals surface area contributed by atoms with E-state index in [9.17, 15) is 9.59 Å². The summed E-state index contributed by atoms with van der Waals surface area (Å²) in [6.07, 6.45) is 0.790. The number of amides is 2. The molecule has 0 radical (unpaired) electrons. The van der Waals surface area contributed by atoms with Crippen LogP contribution in [0.25, 0.3) is 0 Å². The highest BCUT2D eigenvalue weighted by Crippen LogP contribution is 2.24. The minimum atomic E-state index is -0.934. The smallest absolute Gasteiger partial charge is 0.321 e. The SMILES string of the molecule is CCCOc1ccccc1NC(=O)N(C)CCC(=O)O. The van der Waals surface area contributed by atoms with Crippen molar-refractivity contribution in [1.29, 1.82) is 0 Å². The molecule has 0 aliphatic carbocycles. The standard InChI is InChI=1S/C14H20N2O4/c1-3-10-20-12-7-5-4-6-11(12)15-14(19)16(2)9-8-13(17)18/h4-7H,3,8-10H2,1-2H3,(H,15,19)(H,17,18). The van der Waals surface area contributed by atoms with E-state index in [1.54, 1.807) is 25.2 Å². The van der Waals surface area contributed by atoms with Gasteiger partial charge in [0.2, 0.25) is 0 Å². The third-order valence-corrected chi connectivity index (χ3v) is 2.60. The van der Waals surface area contributed by atoms with Gasteiger partial charge in [0.15, 0.2) is 0 Å². The second kappa shape index (κ2) is 8.04. The minimum absolute atomic E-state index is 0.0854. The van der Waals surface area contributed by atoms with Crippen LogP contribution in [0.2, 0.25) is 0 Å². The van der Waals surface area contributed by atoms with Crippen LogP contribution in [-0.4, -0.2) is 42.2 Å². The van der Waals surface area contributed by atoms with Crippen molar-refractivity contribution in [2.24, 2.45) is 0 Å². The zero-order chi connectivity index (χ0) is 15.0. The Labute approximate surface area is 118 Å². The number of aliphatic carboxylic acids is 1. The van der Waals surface area contributed by atoms with E-state index in [0.29, 0.717) is 18.0 Å². The number of carbonyl (C=O) groups is 2. The van der Waals surface area contributed by atoms with E-state index < -0.39 is 5.97 Å². The molecule has 0 heterocycles. The van der Waals surface area contributed by atoms with E-state index in [2.05, 4.69) is 5.32 Å². The average Bonchev–Trinajstić information content (AvgIpc) is 2.43. The number of benzene rings is 1. The number of ether oxygens (including phenoxy) is 1. The first kappa shape index (κ1) is 15.8. The summed E-state index contributed by atoms with van der Waals surface area (Å²) in [6.45, 7) is 2.72. The molecule has 0 unspecified atom stereocenters. The summed E-state index contributed by atoms with van der Waals surface area (Å²) in [4.78, 5) is 23.7. The van der Waals surface area contributed by atoms with Crippen molar-refractivity contribution in [3.8, 4) is 5.75 Å². The largest absolute Gasteiger partial charge is 0.491 e. The zero-order valence-corrected chi connectivity index (χ0v) is 11.8. The molecular formula is C14H20N2O4. The van der Waals surface area contributed by atoms with E-state index in [0.717, 1.165) is 6.42 Å². The van der Waals surface area contributed by atoms with Crippen LogP contribution in [0.15, 0.2) is 24.3 Å². The summed E-state index contributed by atoms with van der Waals surface area (Å²) in [5.41, 5.74) is 0.577. The molecule has 1 rings (SSSR count). The normalized spacial score (nSPS) is 9.90. The van der Waals surface area contributed by atoms with Crippen LogP contribution in [0.5, 0.6) is 5.75 Å². The Hall–Kier alpha value is -2.24. The molecule has 20 heavy (non-hydrogen) atoms. The number of hydrogen-bond acceptors (Lipinski definition) is 3. The van der Waals surface area contributed by atoms with Crippen molar-refractivity contribution >= 4 is 17.7 Å². The van der Waals surface area contributed by atoms with Gasteiger partial charge in [0.25, 0.3) is 0 Å². The molecule has 0 aliphatic heterocycles. The van der Waals surface area contributed by atoms with Crippen molar-refractivity contribution < 1.29 is 19.4 Å². The van der Waals surface area contributed by atoms with E-state index in [1.165, 1.54) is 4.90 Å². The van der Waals surface area contributed by atoms with Crippen LogP contribution in [0.4, 0.5) is 10.5 Å². The molecule has 1 aromatic rings. The molecule has 0 fully saturated rings. The number of anilines is 1. The number of nitrogens with one attached hydrogen (secondary N) is 1. The highest BCUT2D eigenvalue weighted by atomic mass is 16.5. The minimum Gasteiger partial charge on any atom is -0.491 e. The number of urea groups is 1. The number of rotatable bonds is 7. The maximum Gasteiger partial charge on any atom is 0.321 e. The molecule has 1 aromatic carbocycles. The average molecular weight is 280 g/mol. The first-order valence-corrected chi connectivity index (χ1v) is 6.50. The summed E-state index contributed by atoms with van der Waals surface area (Å²) in [5.74, 6) is -0.328. The number of hydrogen-bond donors (Lipinski definition) is 2. The van der Waals surface area contributed by atoms with Crippen LogP contribution >= 0.6 is 0 Å². The maximum atomic E-state index is 11.9. The molecule has 0 saturated carbocycles. The first-order chi connectivity index (χ1) is 9.54. The third-order valence-electron chi connectivity index (χ3n) is 2.60. The molecule has 2 N–H and O–H groups in total. The predicted octanol–water partition coefficient (Wildman–Crippen LogP) is 2.41. The van der Waals surface area contributed by atoms with Crippen molar-refractivity contribution in [1.82, 2.24) is 4.90 Å². The molecule has 0 saturated heterocycles. The Bertz CT molecular complexity index is 462. The fraction of sp³-hybridized carbons (Fsp3) is 0.429. The number of para-hydroxylation sites is 2. The molecule has 110 valence electrons. The van der Waals surface area contributed by atoms with Crippen LogP contribution < -0.4 is 10.1 Å². The lowest BCUT2D eigenvalue weighted by atomic mass is 10.3. The number of nitrogens with zero attached hydrogens (tertiary/aromatic N) is 1. The summed E-state index contributed by atoms with van der Waals surface area (Å²) in [6, 6.07) is 6.79. The summed E-state index contributed by atoms with van der Waals surface area (Å²) < 4.78 is 5.54. The fourth-order valence-corrected chi connectivity index (χ4v) is 1.48. The Balaban J connectivity index is 2.62. The number of carboxylic acids is 1. The van der Waals surface area contributed by atoms with E-state index in [4.69, 9.17) is 9.84 Å². The molecule has 6 nitrogen and oxygen atoms in total. The monoisotopic (exact) mass is 280 g/mol. The predicted molar refractivity (Wildman–Crippen MR) is 76.1 cm³/mol. The number of carboxylic acid groups (broad SMARTS) is 1. The molecule has 0 atom stereocenters. The first-order valence-electron chi connectivity index (χ1n) is 6.50. The molecule has 0 spiro atoms.